The predicted octanol–water partition coefficient (Wildman–Crippen LogP) is 1.45. The van der Waals surface area contributed by atoms with E-state index in [2.05, 4.69) is 6.07 Å². The van der Waals surface area contributed by atoms with Crippen LogP contribution in [0.4, 0.5) is 0 Å². The molecule has 1 N–H and O–H groups in total. The van der Waals surface area contributed by atoms with E-state index in [1.54, 1.807) is 0 Å². The highest BCUT2D eigenvalue weighted by atomic mass is 16.5. The maximum atomic E-state index is 12.9. The summed E-state index contributed by atoms with van der Waals surface area (Å²) in [4.78, 5) is 26.2. The zero-order chi connectivity index (χ0) is 15.3. The molecule has 4 rings (SSSR count). The molecule has 3 heterocycles. The number of hydrogen-bond donors (Lipinski definition) is 1. The average Bonchev–Trinajstić information content (AvgIpc) is 3.14. The fraction of sp³-hybridized carbons (Fsp3) is 0.529. The Balaban J connectivity index is 1.56. The summed E-state index contributed by atoms with van der Waals surface area (Å²) in [5.74, 6) is -2.14. The van der Waals surface area contributed by atoms with Gasteiger partial charge in [-0.15, -0.1) is 0 Å². The maximum absolute atomic E-state index is 12.9. The molecule has 116 valence electrons. The van der Waals surface area contributed by atoms with Crippen LogP contribution in [0, 0.1) is 11.8 Å². The number of amides is 1. The quantitative estimate of drug-likeness (QED) is 0.898. The Kier molecular flexibility index (Phi) is 3.18. The van der Waals surface area contributed by atoms with E-state index in [-0.39, 0.29) is 18.1 Å². The molecule has 1 aromatic rings. The number of carboxylic acid groups (broad SMARTS) is 1. The first-order valence-corrected chi connectivity index (χ1v) is 7.89. The Morgan fingerprint density at radius 1 is 1.09 bits per heavy atom. The largest absolute Gasteiger partial charge is 0.481 e. The first-order chi connectivity index (χ1) is 10.6. The second-order valence-electron chi connectivity index (χ2n) is 6.46. The lowest BCUT2D eigenvalue weighted by Gasteiger charge is -2.34. The van der Waals surface area contributed by atoms with Gasteiger partial charge >= 0.3 is 5.97 Å². The van der Waals surface area contributed by atoms with Gasteiger partial charge in [0, 0.05) is 13.1 Å². The summed E-state index contributed by atoms with van der Waals surface area (Å²) >= 11 is 0. The van der Waals surface area contributed by atoms with E-state index in [4.69, 9.17) is 4.74 Å². The van der Waals surface area contributed by atoms with Crippen LogP contribution in [-0.2, 0) is 27.3 Å². The first-order valence-electron chi connectivity index (χ1n) is 7.89. The van der Waals surface area contributed by atoms with Crippen molar-refractivity contribution in [2.45, 2.75) is 38.0 Å². The lowest BCUT2D eigenvalue weighted by Crippen LogP contribution is -2.47. The lowest BCUT2D eigenvalue weighted by molar-refractivity contribution is -0.151. The van der Waals surface area contributed by atoms with E-state index in [1.807, 2.05) is 23.1 Å². The Bertz CT molecular complexity index is 629. The van der Waals surface area contributed by atoms with Crippen molar-refractivity contribution in [1.29, 1.82) is 0 Å². The monoisotopic (exact) mass is 301 g/mol. The number of carbonyl (C=O) groups excluding carboxylic acids is 1. The minimum atomic E-state index is -0.900. The Hall–Kier alpha value is -1.88. The molecule has 0 aromatic heterocycles. The van der Waals surface area contributed by atoms with Gasteiger partial charge in [-0.2, -0.15) is 0 Å². The normalized spacial score (nSPS) is 32.8. The highest BCUT2D eigenvalue weighted by Crippen LogP contribution is 2.44. The molecule has 3 aliphatic heterocycles. The van der Waals surface area contributed by atoms with Gasteiger partial charge < -0.3 is 14.7 Å². The molecular formula is C17H19NO4. The minimum Gasteiger partial charge on any atom is -0.481 e. The Morgan fingerprint density at radius 2 is 1.77 bits per heavy atom. The van der Waals surface area contributed by atoms with Crippen molar-refractivity contribution in [3.8, 4) is 0 Å². The van der Waals surface area contributed by atoms with E-state index < -0.39 is 17.8 Å². The van der Waals surface area contributed by atoms with E-state index in [0.717, 1.165) is 24.8 Å². The van der Waals surface area contributed by atoms with Gasteiger partial charge in [0.25, 0.3) is 0 Å². The van der Waals surface area contributed by atoms with Crippen molar-refractivity contribution in [3.63, 3.8) is 0 Å². The Labute approximate surface area is 128 Å². The van der Waals surface area contributed by atoms with Gasteiger partial charge in [0.1, 0.15) is 0 Å². The summed E-state index contributed by atoms with van der Waals surface area (Å²) in [6.07, 6.45) is 1.90. The summed E-state index contributed by atoms with van der Waals surface area (Å²) in [6, 6.07) is 8.13. The third kappa shape index (κ3) is 2.03. The van der Waals surface area contributed by atoms with Crippen LogP contribution < -0.4 is 0 Å². The number of fused-ring (bicyclic) bond motifs is 3. The molecule has 5 heteroatoms. The smallest absolute Gasteiger partial charge is 0.310 e. The van der Waals surface area contributed by atoms with E-state index in [9.17, 15) is 14.7 Å². The molecule has 2 saturated heterocycles. The molecule has 4 unspecified atom stereocenters. The van der Waals surface area contributed by atoms with Gasteiger partial charge in [-0.05, 0) is 30.4 Å². The van der Waals surface area contributed by atoms with E-state index in [1.165, 1.54) is 5.56 Å². The number of aliphatic carboxylic acids is 1. The molecule has 4 atom stereocenters. The van der Waals surface area contributed by atoms with Crippen molar-refractivity contribution in [3.05, 3.63) is 35.4 Å². The summed E-state index contributed by atoms with van der Waals surface area (Å²) < 4.78 is 5.71. The van der Waals surface area contributed by atoms with Crippen molar-refractivity contribution in [2.24, 2.45) is 11.8 Å². The van der Waals surface area contributed by atoms with Crippen LogP contribution >= 0.6 is 0 Å². The van der Waals surface area contributed by atoms with Crippen molar-refractivity contribution >= 4 is 11.9 Å². The van der Waals surface area contributed by atoms with Gasteiger partial charge in [-0.3, -0.25) is 9.59 Å². The second kappa shape index (κ2) is 5.09. The number of hydrogen-bond acceptors (Lipinski definition) is 3. The minimum absolute atomic E-state index is 0.0471. The van der Waals surface area contributed by atoms with Crippen LogP contribution in [-0.4, -0.2) is 40.6 Å². The van der Waals surface area contributed by atoms with Crippen molar-refractivity contribution in [1.82, 2.24) is 4.90 Å². The summed E-state index contributed by atoms with van der Waals surface area (Å²) in [6.45, 7) is 1.24. The molecule has 0 spiro atoms. The van der Waals surface area contributed by atoms with E-state index >= 15 is 0 Å². The molecule has 1 aromatic carbocycles. The highest BCUT2D eigenvalue weighted by molar-refractivity contribution is 5.86. The predicted molar refractivity (Wildman–Crippen MR) is 78.1 cm³/mol. The number of carboxylic acids is 1. The van der Waals surface area contributed by atoms with Gasteiger partial charge in [-0.1, -0.05) is 24.3 Å². The van der Waals surface area contributed by atoms with Crippen molar-refractivity contribution in [2.75, 3.05) is 6.54 Å². The highest BCUT2D eigenvalue weighted by Gasteiger charge is 2.56. The van der Waals surface area contributed by atoms with Gasteiger partial charge in [0.15, 0.2) is 0 Å². The van der Waals surface area contributed by atoms with Crippen LogP contribution in [0.3, 0.4) is 0 Å². The fourth-order valence-corrected chi connectivity index (χ4v) is 4.20. The first kappa shape index (κ1) is 13.8. The fourth-order valence-electron chi connectivity index (χ4n) is 4.20. The number of carbonyl (C=O) groups is 2. The molecule has 0 saturated carbocycles. The van der Waals surface area contributed by atoms with Gasteiger partial charge in [0.2, 0.25) is 5.91 Å². The third-order valence-corrected chi connectivity index (χ3v) is 5.29. The zero-order valence-electron chi connectivity index (χ0n) is 12.3. The zero-order valence-corrected chi connectivity index (χ0v) is 12.3. The SMILES string of the molecule is O=C(O)C1C2CCC(O2)C1C(=O)N1CCc2ccccc2C1. The third-order valence-electron chi connectivity index (χ3n) is 5.29. The molecule has 0 radical (unpaired) electrons. The average molecular weight is 301 g/mol. The molecule has 22 heavy (non-hydrogen) atoms. The van der Waals surface area contributed by atoms with Crippen LogP contribution in [0.15, 0.2) is 24.3 Å². The van der Waals surface area contributed by atoms with Gasteiger partial charge in [0.05, 0.1) is 24.0 Å². The van der Waals surface area contributed by atoms with Crippen LogP contribution in [0.2, 0.25) is 0 Å². The summed E-state index contributed by atoms with van der Waals surface area (Å²) in [7, 11) is 0. The van der Waals surface area contributed by atoms with Crippen LogP contribution in [0.25, 0.3) is 0 Å². The topological polar surface area (TPSA) is 66.8 Å². The van der Waals surface area contributed by atoms with E-state index in [0.29, 0.717) is 13.1 Å². The molecule has 2 fully saturated rings. The maximum Gasteiger partial charge on any atom is 0.310 e. The number of benzene rings is 1. The van der Waals surface area contributed by atoms with Crippen molar-refractivity contribution < 1.29 is 19.4 Å². The lowest BCUT2D eigenvalue weighted by atomic mass is 9.78. The summed E-state index contributed by atoms with van der Waals surface area (Å²) in [5.41, 5.74) is 2.45. The molecule has 3 aliphatic rings. The van der Waals surface area contributed by atoms with Gasteiger partial charge in [-0.25, -0.2) is 0 Å². The standard InChI is InChI=1S/C17H19NO4/c19-16(14-12-5-6-13(22-12)15(14)17(20)21)18-8-7-10-3-1-2-4-11(10)9-18/h1-4,12-15H,5-9H2,(H,20,21). The molecule has 2 bridgehead atoms. The molecule has 1 amide bonds. The number of nitrogens with zero attached hydrogens (tertiary/aromatic N) is 1. The number of ether oxygens (including phenoxy) is 1. The van der Waals surface area contributed by atoms with Crippen LogP contribution in [0.5, 0.6) is 0 Å². The Morgan fingerprint density at radius 3 is 2.50 bits per heavy atom. The summed E-state index contributed by atoms with van der Waals surface area (Å²) in [5, 5.41) is 9.46. The molecule has 0 aliphatic carbocycles. The van der Waals surface area contributed by atoms with Crippen LogP contribution in [0.1, 0.15) is 24.0 Å². The number of rotatable bonds is 2. The second-order valence-corrected chi connectivity index (χ2v) is 6.46. The molecule has 5 nitrogen and oxygen atoms in total. The molecular weight excluding hydrogens is 282 g/mol.